The van der Waals surface area contributed by atoms with Crippen LogP contribution in [0.2, 0.25) is 0 Å². The Hall–Kier alpha value is -1.42. The van der Waals surface area contributed by atoms with Gasteiger partial charge in [-0.2, -0.15) is 0 Å². The van der Waals surface area contributed by atoms with E-state index in [1.807, 2.05) is 12.3 Å². The molecule has 0 spiro atoms. The third-order valence-corrected chi connectivity index (χ3v) is 3.53. The summed E-state index contributed by atoms with van der Waals surface area (Å²) in [5.41, 5.74) is 2.27. The highest BCUT2D eigenvalue weighted by Crippen LogP contribution is 2.16. The quantitative estimate of drug-likeness (QED) is 0.852. The van der Waals surface area contributed by atoms with E-state index in [-0.39, 0.29) is 6.04 Å². The van der Waals surface area contributed by atoms with Crippen LogP contribution in [0.15, 0.2) is 18.3 Å². The van der Waals surface area contributed by atoms with Crippen molar-refractivity contribution in [2.75, 3.05) is 0 Å². The molecule has 2 heterocycles. The van der Waals surface area contributed by atoms with Gasteiger partial charge in [0.05, 0.1) is 0 Å². The molecule has 0 bridgehead atoms. The summed E-state index contributed by atoms with van der Waals surface area (Å²) in [7, 11) is 0. The van der Waals surface area contributed by atoms with E-state index < -0.39 is 12.0 Å². The van der Waals surface area contributed by atoms with Crippen molar-refractivity contribution in [3.63, 3.8) is 0 Å². The SMILES string of the molecule is CCc1ccc(CC2CCCC(C(=O)O)N2)nc1. The molecule has 18 heavy (non-hydrogen) atoms. The summed E-state index contributed by atoms with van der Waals surface area (Å²) in [6.07, 6.45) is 6.45. The third kappa shape index (κ3) is 3.29. The van der Waals surface area contributed by atoms with E-state index in [4.69, 9.17) is 5.11 Å². The van der Waals surface area contributed by atoms with Crippen LogP contribution >= 0.6 is 0 Å². The zero-order valence-corrected chi connectivity index (χ0v) is 10.7. The minimum absolute atomic E-state index is 0.236. The topological polar surface area (TPSA) is 62.2 Å². The number of carbonyl (C=O) groups is 1. The predicted octanol–water partition coefficient (Wildman–Crippen LogP) is 1.78. The van der Waals surface area contributed by atoms with Crippen molar-refractivity contribution in [3.8, 4) is 0 Å². The average molecular weight is 248 g/mol. The van der Waals surface area contributed by atoms with Gasteiger partial charge in [0.2, 0.25) is 0 Å². The van der Waals surface area contributed by atoms with E-state index in [2.05, 4.69) is 23.3 Å². The molecule has 1 aromatic heterocycles. The molecule has 0 aromatic carbocycles. The summed E-state index contributed by atoms with van der Waals surface area (Å²) in [6.45, 7) is 2.11. The molecular weight excluding hydrogens is 228 g/mol. The Morgan fingerprint density at radius 1 is 1.50 bits per heavy atom. The van der Waals surface area contributed by atoms with Gasteiger partial charge in [-0.1, -0.05) is 13.0 Å². The van der Waals surface area contributed by atoms with Crippen molar-refractivity contribution < 1.29 is 9.90 Å². The Morgan fingerprint density at radius 3 is 2.94 bits per heavy atom. The fourth-order valence-electron chi connectivity index (χ4n) is 2.41. The van der Waals surface area contributed by atoms with E-state index >= 15 is 0 Å². The first-order valence-electron chi connectivity index (χ1n) is 6.61. The highest BCUT2D eigenvalue weighted by atomic mass is 16.4. The van der Waals surface area contributed by atoms with Crippen molar-refractivity contribution >= 4 is 5.97 Å². The molecule has 0 amide bonds. The van der Waals surface area contributed by atoms with Gasteiger partial charge < -0.3 is 10.4 Å². The van der Waals surface area contributed by atoms with Crippen LogP contribution in [0.1, 0.15) is 37.4 Å². The maximum absolute atomic E-state index is 11.0. The minimum atomic E-state index is -0.742. The van der Waals surface area contributed by atoms with E-state index in [9.17, 15) is 4.79 Å². The molecule has 1 aromatic rings. The molecule has 2 atom stereocenters. The highest BCUT2D eigenvalue weighted by molar-refractivity contribution is 5.73. The van der Waals surface area contributed by atoms with Crippen LogP contribution in [0.5, 0.6) is 0 Å². The maximum atomic E-state index is 11.0. The molecule has 1 fully saturated rings. The molecule has 4 nitrogen and oxygen atoms in total. The van der Waals surface area contributed by atoms with Gasteiger partial charge in [-0.05, 0) is 37.3 Å². The van der Waals surface area contributed by atoms with Gasteiger partial charge in [-0.15, -0.1) is 0 Å². The Kier molecular flexibility index (Phi) is 4.31. The lowest BCUT2D eigenvalue weighted by Crippen LogP contribution is -2.47. The second kappa shape index (κ2) is 5.96. The van der Waals surface area contributed by atoms with Crippen molar-refractivity contribution in [2.24, 2.45) is 0 Å². The normalized spacial score (nSPS) is 23.8. The van der Waals surface area contributed by atoms with Crippen LogP contribution in [-0.2, 0) is 17.6 Å². The molecule has 2 rings (SSSR count). The van der Waals surface area contributed by atoms with Gasteiger partial charge in [0.25, 0.3) is 0 Å². The second-order valence-corrected chi connectivity index (χ2v) is 4.90. The summed E-state index contributed by atoms with van der Waals surface area (Å²) >= 11 is 0. The average Bonchev–Trinajstić information content (AvgIpc) is 2.40. The van der Waals surface area contributed by atoms with Crippen LogP contribution in [0.4, 0.5) is 0 Å². The van der Waals surface area contributed by atoms with Crippen molar-refractivity contribution in [3.05, 3.63) is 29.6 Å². The number of aliphatic carboxylic acids is 1. The lowest BCUT2D eigenvalue weighted by atomic mass is 9.95. The molecule has 1 saturated heterocycles. The van der Waals surface area contributed by atoms with Crippen LogP contribution in [0.3, 0.4) is 0 Å². The Morgan fingerprint density at radius 2 is 2.33 bits per heavy atom. The molecule has 0 radical (unpaired) electrons. The smallest absolute Gasteiger partial charge is 0.320 e. The lowest BCUT2D eigenvalue weighted by molar-refractivity contribution is -0.140. The summed E-state index contributed by atoms with van der Waals surface area (Å²) in [5.74, 6) is -0.742. The largest absolute Gasteiger partial charge is 0.480 e. The molecule has 2 unspecified atom stereocenters. The molecule has 98 valence electrons. The predicted molar refractivity (Wildman–Crippen MR) is 69.5 cm³/mol. The number of rotatable bonds is 4. The number of hydrogen-bond acceptors (Lipinski definition) is 3. The molecule has 1 aliphatic rings. The van der Waals surface area contributed by atoms with Gasteiger partial charge in [0.1, 0.15) is 6.04 Å². The van der Waals surface area contributed by atoms with Crippen molar-refractivity contribution in [1.29, 1.82) is 0 Å². The number of carboxylic acids is 1. The summed E-state index contributed by atoms with van der Waals surface area (Å²) in [4.78, 5) is 15.4. The summed E-state index contributed by atoms with van der Waals surface area (Å²) < 4.78 is 0. The first-order chi connectivity index (χ1) is 8.69. The number of hydrogen-bond donors (Lipinski definition) is 2. The molecular formula is C14H20N2O2. The fourth-order valence-corrected chi connectivity index (χ4v) is 2.41. The number of pyridine rings is 1. The molecule has 0 aliphatic carbocycles. The molecule has 0 saturated carbocycles. The number of piperidine rings is 1. The molecule has 4 heteroatoms. The van der Waals surface area contributed by atoms with E-state index in [1.54, 1.807) is 0 Å². The summed E-state index contributed by atoms with van der Waals surface area (Å²) in [5, 5.41) is 12.2. The first kappa shape index (κ1) is 13.0. The zero-order valence-electron chi connectivity index (χ0n) is 10.7. The van der Waals surface area contributed by atoms with E-state index in [0.717, 1.165) is 37.8 Å². The van der Waals surface area contributed by atoms with Gasteiger partial charge in [0.15, 0.2) is 0 Å². The zero-order chi connectivity index (χ0) is 13.0. The number of carboxylic acid groups (broad SMARTS) is 1. The Bertz CT molecular complexity index is 403. The number of nitrogens with one attached hydrogen (secondary N) is 1. The van der Waals surface area contributed by atoms with E-state index in [1.165, 1.54) is 5.56 Å². The molecule has 1 aliphatic heterocycles. The van der Waals surface area contributed by atoms with Gasteiger partial charge in [0, 0.05) is 24.4 Å². The highest BCUT2D eigenvalue weighted by Gasteiger charge is 2.26. The van der Waals surface area contributed by atoms with Gasteiger partial charge in [-0.3, -0.25) is 9.78 Å². The number of aryl methyl sites for hydroxylation is 1. The van der Waals surface area contributed by atoms with Crippen LogP contribution in [-0.4, -0.2) is 28.1 Å². The first-order valence-corrected chi connectivity index (χ1v) is 6.61. The third-order valence-electron chi connectivity index (χ3n) is 3.53. The fraction of sp³-hybridized carbons (Fsp3) is 0.571. The van der Waals surface area contributed by atoms with Crippen molar-refractivity contribution in [1.82, 2.24) is 10.3 Å². The number of aromatic nitrogens is 1. The van der Waals surface area contributed by atoms with Gasteiger partial charge >= 0.3 is 5.97 Å². The van der Waals surface area contributed by atoms with Crippen LogP contribution < -0.4 is 5.32 Å². The monoisotopic (exact) mass is 248 g/mol. The minimum Gasteiger partial charge on any atom is -0.480 e. The Labute approximate surface area is 107 Å². The molecule has 2 N–H and O–H groups in total. The second-order valence-electron chi connectivity index (χ2n) is 4.90. The van der Waals surface area contributed by atoms with Gasteiger partial charge in [-0.25, -0.2) is 0 Å². The van der Waals surface area contributed by atoms with Crippen LogP contribution in [0, 0.1) is 0 Å². The summed E-state index contributed by atoms with van der Waals surface area (Å²) in [6, 6.07) is 3.99. The van der Waals surface area contributed by atoms with E-state index in [0.29, 0.717) is 0 Å². The lowest BCUT2D eigenvalue weighted by Gasteiger charge is -2.28. The van der Waals surface area contributed by atoms with Crippen LogP contribution in [0.25, 0.3) is 0 Å². The maximum Gasteiger partial charge on any atom is 0.320 e. The van der Waals surface area contributed by atoms with Crippen molar-refractivity contribution in [2.45, 2.75) is 51.1 Å². The standard InChI is InChI=1S/C14H20N2O2/c1-2-10-6-7-11(15-9-10)8-12-4-3-5-13(16-12)14(17)18/h6-7,9,12-13,16H,2-5,8H2,1H3,(H,17,18). The number of nitrogens with zero attached hydrogens (tertiary/aromatic N) is 1. The Balaban J connectivity index is 1.93.